The second-order valence-electron chi connectivity index (χ2n) is 7.74. The van der Waals surface area contributed by atoms with Crippen LogP contribution < -0.4 is 15.5 Å². The zero-order valence-corrected chi connectivity index (χ0v) is 16.7. The molecule has 0 saturated carbocycles. The molecule has 1 amide bonds. The molecule has 8 nitrogen and oxygen atoms in total. The molecule has 2 aliphatic rings. The lowest BCUT2D eigenvalue weighted by atomic mass is 10.1. The number of carbonyl (C=O) groups is 1. The average molecular weight is 404 g/mol. The number of nitrogens with zero attached hydrogens (tertiary/aromatic N) is 5. The molecule has 0 aliphatic carbocycles. The van der Waals surface area contributed by atoms with Crippen molar-refractivity contribution in [2.45, 2.75) is 6.42 Å². The minimum atomic E-state index is -0.261. The maximum atomic E-state index is 11.6. The van der Waals surface area contributed by atoms with Gasteiger partial charge >= 0.3 is 0 Å². The number of carbonyl (C=O) groups excluding carboxylic acids is 1. The molecule has 2 N–H and O–H groups in total. The van der Waals surface area contributed by atoms with Gasteiger partial charge in [-0.25, -0.2) is 9.97 Å². The zero-order valence-electron chi connectivity index (χ0n) is 16.7. The van der Waals surface area contributed by atoms with Crippen LogP contribution in [0.1, 0.15) is 6.42 Å². The summed E-state index contributed by atoms with van der Waals surface area (Å²) in [4.78, 5) is 30.0. The van der Waals surface area contributed by atoms with E-state index in [0.29, 0.717) is 6.54 Å². The highest BCUT2D eigenvalue weighted by Crippen LogP contribution is 2.31. The number of rotatable bonds is 4. The summed E-state index contributed by atoms with van der Waals surface area (Å²) in [5.74, 6) is 0.342. The molecule has 2 saturated heterocycles. The summed E-state index contributed by atoms with van der Waals surface area (Å²) in [5, 5.41) is 0. The van der Waals surface area contributed by atoms with Crippen molar-refractivity contribution in [1.29, 1.82) is 0 Å². The molecule has 4 heterocycles. The van der Waals surface area contributed by atoms with Gasteiger partial charge in [-0.2, -0.15) is 0 Å². The van der Waals surface area contributed by atoms with Gasteiger partial charge in [0.15, 0.2) is 5.82 Å². The Hall–Kier alpha value is -3.26. The standard InChI is InChI=1S/C22H24N6O2/c23-21(29)16-5-8-28(14-16)22-20-19(24-6-7-25-20)13-18(26-22)15-1-3-17(4-2-15)27-9-11-30-12-10-27/h1-4,6-7,13,16H,5,8-12,14H2,(H2,23,29). The number of amides is 1. The molecule has 1 aromatic carbocycles. The minimum absolute atomic E-state index is 0.157. The van der Waals surface area contributed by atoms with Gasteiger partial charge in [-0.05, 0) is 24.6 Å². The third-order valence-electron chi connectivity index (χ3n) is 5.87. The van der Waals surface area contributed by atoms with Crippen molar-refractivity contribution >= 4 is 28.4 Å². The quantitative estimate of drug-likeness (QED) is 0.709. The molecule has 0 bridgehead atoms. The number of pyridine rings is 1. The predicted molar refractivity (Wildman–Crippen MR) is 115 cm³/mol. The molecule has 1 atom stereocenters. The van der Waals surface area contributed by atoms with E-state index in [2.05, 4.69) is 44.0 Å². The molecule has 1 unspecified atom stereocenters. The molecule has 2 aliphatic heterocycles. The van der Waals surface area contributed by atoms with Crippen molar-refractivity contribution in [1.82, 2.24) is 15.0 Å². The first-order valence-corrected chi connectivity index (χ1v) is 10.3. The Morgan fingerprint density at radius 3 is 2.53 bits per heavy atom. The molecule has 0 spiro atoms. The number of hydrogen-bond acceptors (Lipinski definition) is 7. The number of ether oxygens (including phenoxy) is 1. The van der Waals surface area contributed by atoms with Gasteiger partial charge in [-0.15, -0.1) is 0 Å². The van der Waals surface area contributed by atoms with Gasteiger partial charge < -0.3 is 20.3 Å². The number of primary amides is 1. The second-order valence-corrected chi connectivity index (χ2v) is 7.74. The Labute approximate surface area is 174 Å². The lowest BCUT2D eigenvalue weighted by Gasteiger charge is -2.28. The smallest absolute Gasteiger partial charge is 0.222 e. The Kier molecular flexibility index (Phi) is 4.92. The first-order valence-electron chi connectivity index (χ1n) is 10.3. The van der Waals surface area contributed by atoms with Crippen LogP contribution in [0.3, 0.4) is 0 Å². The fourth-order valence-electron chi connectivity index (χ4n) is 4.17. The molecule has 2 aromatic heterocycles. The van der Waals surface area contributed by atoms with Gasteiger partial charge in [0.2, 0.25) is 5.91 Å². The summed E-state index contributed by atoms with van der Waals surface area (Å²) in [7, 11) is 0. The highest BCUT2D eigenvalue weighted by atomic mass is 16.5. The van der Waals surface area contributed by atoms with Crippen molar-refractivity contribution in [2.24, 2.45) is 11.7 Å². The average Bonchev–Trinajstić information content (AvgIpc) is 3.30. The summed E-state index contributed by atoms with van der Waals surface area (Å²) in [5.41, 5.74) is 10.1. The molecule has 154 valence electrons. The fraction of sp³-hybridized carbons (Fsp3) is 0.364. The van der Waals surface area contributed by atoms with Crippen LogP contribution in [-0.2, 0) is 9.53 Å². The molecule has 0 radical (unpaired) electrons. The van der Waals surface area contributed by atoms with E-state index in [4.69, 9.17) is 15.5 Å². The summed E-state index contributed by atoms with van der Waals surface area (Å²) in [6.07, 6.45) is 4.09. The van der Waals surface area contributed by atoms with Crippen LogP contribution in [0.5, 0.6) is 0 Å². The molecule has 2 fully saturated rings. The van der Waals surface area contributed by atoms with Crippen LogP contribution in [0, 0.1) is 5.92 Å². The number of hydrogen-bond donors (Lipinski definition) is 1. The van der Waals surface area contributed by atoms with Gasteiger partial charge in [0.05, 0.1) is 30.3 Å². The fourth-order valence-corrected chi connectivity index (χ4v) is 4.17. The van der Waals surface area contributed by atoms with E-state index in [9.17, 15) is 4.79 Å². The van der Waals surface area contributed by atoms with E-state index >= 15 is 0 Å². The van der Waals surface area contributed by atoms with Crippen molar-refractivity contribution in [3.63, 3.8) is 0 Å². The predicted octanol–water partition coefficient (Wildman–Crippen LogP) is 1.84. The number of aromatic nitrogens is 3. The highest BCUT2D eigenvalue weighted by molar-refractivity contribution is 5.90. The van der Waals surface area contributed by atoms with E-state index in [0.717, 1.165) is 67.4 Å². The van der Waals surface area contributed by atoms with Gasteiger partial charge in [-0.3, -0.25) is 9.78 Å². The van der Waals surface area contributed by atoms with E-state index in [1.807, 2.05) is 6.07 Å². The van der Waals surface area contributed by atoms with Gasteiger partial charge in [0, 0.05) is 49.8 Å². The number of fused-ring (bicyclic) bond motifs is 1. The Morgan fingerprint density at radius 2 is 1.80 bits per heavy atom. The van der Waals surface area contributed by atoms with Gasteiger partial charge in [-0.1, -0.05) is 12.1 Å². The third-order valence-corrected chi connectivity index (χ3v) is 5.87. The molecule has 3 aromatic rings. The lowest BCUT2D eigenvalue weighted by molar-refractivity contribution is -0.121. The summed E-state index contributed by atoms with van der Waals surface area (Å²) in [6.45, 7) is 4.63. The Balaban J connectivity index is 1.50. The van der Waals surface area contributed by atoms with E-state index in [1.54, 1.807) is 12.4 Å². The van der Waals surface area contributed by atoms with E-state index in [1.165, 1.54) is 5.69 Å². The lowest BCUT2D eigenvalue weighted by Crippen LogP contribution is -2.36. The minimum Gasteiger partial charge on any atom is -0.378 e. The molecule has 30 heavy (non-hydrogen) atoms. The zero-order chi connectivity index (χ0) is 20.5. The maximum Gasteiger partial charge on any atom is 0.222 e. The summed E-state index contributed by atoms with van der Waals surface area (Å²) >= 11 is 0. The first kappa shape index (κ1) is 18.7. The summed E-state index contributed by atoms with van der Waals surface area (Å²) < 4.78 is 5.44. The third kappa shape index (κ3) is 3.54. The van der Waals surface area contributed by atoms with E-state index < -0.39 is 0 Å². The van der Waals surface area contributed by atoms with Crippen LogP contribution in [-0.4, -0.2) is 60.3 Å². The number of nitrogens with two attached hydrogens (primary N) is 1. The van der Waals surface area contributed by atoms with Crippen molar-refractivity contribution < 1.29 is 9.53 Å². The largest absolute Gasteiger partial charge is 0.378 e. The normalized spacial score (nSPS) is 19.4. The van der Waals surface area contributed by atoms with Crippen LogP contribution in [0.25, 0.3) is 22.3 Å². The highest BCUT2D eigenvalue weighted by Gasteiger charge is 2.29. The molecular formula is C22H24N6O2. The molecular weight excluding hydrogens is 380 g/mol. The number of benzene rings is 1. The monoisotopic (exact) mass is 404 g/mol. The molecule has 8 heteroatoms. The van der Waals surface area contributed by atoms with Gasteiger partial charge in [0.1, 0.15) is 5.52 Å². The molecule has 5 rings (SSSR count). The van der Waals surface area contributed by atoms with Crippen LogP contribution in [0.4, 0.5) is 11.5 Å². The van der Waals surface area contributed by atoms with Crippen LogP contribution in [0.15, 0.2) is 42.7 Å². The van der Waals surface area contributed by atoms with Crippen molar-refractivity contribution in [3.05, 3.63) is 42.7 Å². The van der Waals surface area contributed by atoms with E-state index in [-0.39, 0.29) is 11.8 Å². The summed E-state index contributed by atoms with van der Waals surface area (Å²) in [6, 6.07) is 10.4. The number of anilines is 2. The van der Waals surface area contributed by atoms with Crippen LogP contribution in [0.2, 0.25) is 0 Å². The first-order chi connectivity index (χ1) is 14.7. The number of morpholine rings is 1. The Morgan fingerprint density at radius 1 is 1.03 bits per heavy atom. The van der Waals surface area contributed by atoms with Crippen molar-refractivity contribution in [3.8, 4) is 11.3 Å². The van der Waals surface area contributed by atoms with Gasteiger partial charge in [0.25, 0.3) is 0 Å². The SMILES string of the molecule is NC(=O)C1CCN(c2nc(-c3ccc(N4CCOCC4)cc3)cc3nccnc23)C1. The second kappa shape index (κ2) is 7.87. The van der Waals surface area contributed by atoms with Crippen molar-refractivity contribution in [2.75, 3.05) is 49.2 Å². The van der Waals surface area contributed by atoms with Crippen LogP contribution >= 0.6 is 0 Å². The topological polar surface area (TPSA) is 97.5 Å². The maximum absolute atomic E-state index is 11.6. The Bertz CT molecular complexity index is 1060.